The zero-order chi connectivity index (χ0) is 18.9. The Labute approximate surface area is 150 Å². The molecule has 2 aromatic carbocycles. The SMILES string of the molecule is O=C1CCC(=O)N1N(S(=O)(=O)c1ccccc1)S(=O)(=O)c1ccccc1. The number of carbonyl (C=O) groups is 2. The number of carbonyl (C=O) groups excluding carboxylic acids is 2. The van der Waals surface area contributed by atoms with Crippen molar-refractivity contribution in [1.29, 1.82) is 0 Å². The van der Waals surface area contributed by atoms with Gasteiger partial charge in [0.25, 0.3) is 20.0 Å². The molecule has 0 spiro atoms. The van der Waals surface area contributed by atoms with Gasteiger partial charge in [0.1, 0.15) is 0 Å². The average Bonchev–Trinajstić information content (AvgIpc) is 2.95. The minimum atomic E-state index is -4.73. The van der Waals surface area contributed by atoms with Crippen LogP contribution in [0.5, 0.6) is 0 Å². The van der Waals surface area contributed by atoms with Crippen LogP contribution in [0.15, 0.2) is 70.5 Å². The largest absolute Gasteiger partial charge is 0.274 e. The first-order valence-corrected chi connectivity index (χ1v) is 10.4. The van der Waals surface area contributed by atoms with Gasteiger partial charge in [-0.2, -0.15) is 5.01 Å². The summed E-state index contributed by atoms with van der Waals surface area (Å²) in [4.78, 5) is 23.5. The predicted molar refractivity (Wildman–Crippen MR) is 90.2 cm³/mol. The van der Waals surface area contributed by atoms with Crippen molar-refractivity contribution >= 4 is 31.9 Å². The molecule has 3 rings (SSSR count). The molecule has 0 atom stereocenters. The van der Waals surface area contributed by atoms with Crippen molar-refractivity contribution in [1.82, 2.24) is 8.83 Å². The lowest BCUT2D eigenvalue weighted by molar-refractivity contribution is -0.145. The summed E-state index contributed by atoms with van der Waals surface area (Å²) in [6, 6.07) is 13.5. The Balaban J connectivity index is 2.25. The summed E-state index contributed by atoms with van der Waals surface area (Å²) in [5, 5.41) is 0.199. The quantitative estimate of drug-likeness (QED) is 0.704. The molecule has 1 saturated heterocycles. The maximum Gasteiger partial charge on any atom is 0.274 e. The molecule has 0 unspecified atom stereocenters. The normalized spacial score (nSPS) is 15.7. The van der Waals surface area contributed by atoms with Gasteiger partial charge in [-0.3, -0.25) is 9.59 Å². The van der Waals surface area contributed by atoms with Gasteiger partial charge in [-0.25, -0.2) is 16.8 Å². The van der Waals surface area contributed by atoms with Gasteiger partial charge in [0, 0.05) is 16.7 Å². The Hall–Kier alpha value is -2.56. The molecule has 1 fully saturated rings. The molecule has 0 N–H and O–H groups in total. The Morgan fingerprint density at radius 2 is 1.00 bits per heavy atom. The lowest BCUT2D eigenvalue weighted by Gasteiger charge is -2.28. The molecular formula is C16H14N2O6S2. The maximum atomic E-state index is 13.0. The first-order chi connectivity index (χ1) is 12.3. The minimum Gasteiger partial charge on any atom is -0.273 e. The number of benzene rings is 2. The van der Waals surface area contributed by atoms with E-state index in [1.165, 1.54) is 48.5 Å². The summed E-state index contributed by atoms with van der Waals surface area (Å²) in [6.07, 6.45) is -0.520. The number of amides is 2. The van der Waals surface area contributed by atoms with Crippen LogP contribution in [0.2, 0.25) is 0 Å². The zero-order valence-corrected chi connectivity index (χ0v) is 15.0. The molecular weight excluding hydrogens is 380 g/mol. The van der Waals surface area contributed by atoms with Gasteiger partial charge in [0.05, 0.1) is 9.79 Å². The lowest BCUT2D eigenvalue weighted by atomic mass is 10.4. The van der Waals surface area contributed by atoms with Gasteiger partial charge in [0.15, 0.2) is 0 Å². The first kappa shape index (κ1) is 18.2. The summed E-state index contributed by atoms with van der Waals surface area (Å²) < 4.78 is 52.0. The fourth-order valence-electron chi connectivity index (χ4n) is 2.46. The molecule has 10 heteroatoms. The van der Waals surface area contributed by atoms with Crippen LogP contribution in [0.25, 0.3) is 0 Å². The molecule has 26 heavy (non-hydrogen) atoms. The van der Waals surface area contributed by atoms with E-state index in [1.807, 2.05) is 0 Å². The highest BCUT2D eigenvalue weighted by atomic mass is 32.3. The van der Waals surface area contributed by atoms with Crippen LogP contribution in [0.4, 0.5) is 0 Å². The molecule has 2 aromatic rings. The van der Waals surface area contributed by atoms with Crippen molar-refractivity contribution in [3.8, 4) is 0 Å². The van der Waals surface area contributed by atoms with Gasteiger partial charge < -0.3 is 0 Å². The van der Waals surface area contributed by atoms with Crippen molar-refractivity contribution in [3.05, 3.63) is 60.7 Å². The van der Waals surface area contributed by atoms with E-state index in [1.54, 1.807) is 12.1 Å². The fourth-order valence-corrected chi connectivity index (χ4v) is 6.16. The third-order valence-electron chi connectivity index (χ3n) is 3.68. The molecule has 0 bridgehead atoms. The molecule has 8 nitrogen and oxygen atoms in total. The summed E-state index contributed by atoms with van der Waals surface area (Å²) in [5.41, 5.74) is 0. The second kappa shape index (κ2) is 6.63. The Kier molecular flexibility index (Phi) is 4.65. The lowest BCUT2D eigenvalue weighted by Crippen LogP contribution is -2.52. The predicted octanol–water partition coefficient (Wildman–Crippen LogP) is 1.13. The van der Waals surface area contributed by atoms with E-state index < -0.39 is 31.9 Å². The Bertz CT molecular complexity index is 965. The van der Waals surface area contributed by atoms with Crippen LogP contribution in [-0.4, -0.2) is 37.5 Å². The molecule has 2 amide bonds. The fraction of sp³-hybridized carbons (Fsp3) is 0.125. The van der Waals surface area contributed by atoms with Crippen molar-refractivity contribution < 1.29 is 26.4 Å². The van der Waals surface area contributed by atoms with Crippen LogP contribution in [0.1, 0.15) is 12.8 Å². The topological polar surface area (TPSA) is 109 Å². The summed E-state index contributed by atoms with van der Waals surface area (Å²) in [5.74, 6) is -1.79. The van der Waals surface area contributed by atoms with Crippen molar-refractivity contribution in [2.75, 3.05) is 0 Å². The second-order valence-corrected chi connectivity index (χ2v) is 9.18. The summed E-state index contributed by atoms with van der Waals surface area (Å²) >= 11 is 0. The molecule has 0 aliphatic carbocycles. The first-order valence-electron chi connectivity index (χ1n) is 7.52. The van der Waals surface area contributed by atoms with E-state index in [4.69, 9.17) is 0 Å². The van der Waals surface area contributed by atoms with Crippen molar-refractivity contribution in [2.45, 2.75) is 22.6 Å². The highest BCUT2D eigenvalue weighted by Crippen LogP contribution is 2.29. The number of rotatable bonds is 5. The van der Waals surface area contributed by atoms with Gasteiger partial charge in [0.2, 0.25) is 11.8 Å². The van der Waals surface area contributed by atoms with E-state index in [2.05, 4.69) is 0 Å². The van der Waals surface area contributed by atoms with Crippen molar-refractivity contribution in [2.24, 2.45) is 0 Å². The Morgan fingerprint density at radius 1 is 0.654 bits per heavy atom. The van der Waals surface area contributed by atoms with Crippen LogP contribution < -0.4 is 0 Å². The van der Waals surface area contributed by atoms with Crippen molar-refractivity contribution in [3.63, 3.8) is 0 Å². The Morgan fingerprint density at radius 3 is 1.35 bits per heavy atom. The van der Waals surface area contributed by atoms with Crippen LogP contribution in [0, 0.1) is 0 Å². The molecule has 0 saturated carbocycles. The van der Waals surface area contributed by atoms with Gasteiger partial charge >= 0.3 is 0 Å². The average molecular weight is 394 g/mol. The van der Waals surface area contributed by atoms with E-state index in [0.29, 0.717) is 0 Å². The van der Waals surface area contributed by atoms with Crippen LogP contribution in [0.3, 0.4) is 0 Å². The number of hydrogen-bond acceptors (Lipinski definition) is 6. The molecule has 1 aliphatic heterocycles. The number of imide groups is 1. The smallest absolute Gasteiger partial charge is 0.273 e. The number of hydrogen-bond donors (Lipinski definition) is 0. The molecule has 1 heterocycles. The molecule has 0 radical (unpaired) electrons. The van der Waals surface area contributed by atoms with Crippen LogP contribution in [-0.2, 0) is 29.6 Å². The van der Waals surface area contributed by atoms with Gasteiger partial charge in [-0.1, -0.05) is 36.4 Å². The monoisotopic (exact) mass is 394 g/mol. The van der Waals surface area contributed by atoms with Crippen LogP contribution >= 0.6 is 0 Å². The number of hydrazine groups is 1. The maximum absolute atomic E-state index is 13.0. The summed E-state index contributed by atoms with van der Waals surface area (Å²) in [6.45, 7) is 0. The van der Waals surface area contributed by atoms with Gasteiger partial charge in [-0.05, 0) is 24.3 Å². The summed E-state index contributed by atoms with van der Waals surface area (Å²) in [7, 11) is -9.45. The third kappa shape index (κ3) is 3.02. The molecule has 136 valence electrons. The minimum absolute atomic E-state index is 0.0949. The van der Waals surface area contributed by atoms with E-state index in [9.17, 15) is 26.4 Å². The number of sulfonamides is 2. The second-order valence-electron chi connectivity index (χ2n) is 5.41. The number of nitrogens with zero attached hydrogens (tertiary/aromatic N) is 2. The zero-order valence-electron chi connectivity index (χ0n) is 13.3. The molecule has 0 aromatic heterocycles. The third-order valence-corrected chi connectivity index (χ3v) is 7.74. The molecule has 1 aliphatic rings. The highest BCUT2D eigenvalue weighted by Gasteiger charge is 2.48. The van der Waals surface area contributed by atoms with E-state index in [-0.39, 0.29) is 31.5 Å². The highest BCUT2D eigenvalue weighted by molar-refractivity contribution is 8.04. The van der Waals surface area contributed by atoms with E-state index >= 15 is 0 Å². The van der Waals surface area contributed by atoms with E-state index in [0.717, 1.165) is 0 Å². The standard InChI is InChI=1S/C16H14N2O6S2/c19-15-11-12-16(20)17(15)18(25(21,22)13-7-3-1-4-8-13)26(23,24)14-9-5-2-6-10-14/h1-10H,11-12H2. The van der Waals surface area contributed by atoms with Gasteiger partial charge in [-0.15, -0.1) is 0 Å².